The van der Waals surface area contributed by atoms with Crippen molar-refractivity contribution in [1.82, 2.24) is 0 Å². The van der Waals surface area contributed by atoms with Crippen molar-refractivity contribution in [1.29, 1.82) is 0 Å². The zero-order chi connectivity index (χ0) is 44.3. The summed E-state index contributed by atoms with van der Waals surface area (Å²) in [4.78, 5) is 35.5. The van der Waals surface area contributed by atoms with Gasteiger partial charge < -0.3 is 18.9 Å². The maximum atomic E-state index is 12.7. The number of phosphoric ester groups is 1. The fourth-order valence-corrected chi connectivity index (χ4v) is 7.34. The summed E-state index contributed by atoms with van der Waals surface area (Å²) in [6.07, 6.45) is 50.2. The molecular formula is C50H93NO8P+. The van der Waals surface area contributed by atoms with Gasteiger partial charge >= 0.3 is 19.8 Å². The Morgan fingerprint density at radius 1 is 0.533 bits per heavy atom. The van der Waals surface area contributed by atoms with Crippen LogP contribution in [-0.2, 0) is 32.7 Å². The monoisotopic (exact) mass is 867 g/mol. The zero-order valence-corrected chi connectivity index (χ0v) is 40.3. The minimum absolute atomic E-state index is 0.0262. The molecule has 0 rings (SSSR count). The van der Waals surface area contributed by atoms with Gasteiger partial charge in [-0.2, -0.15) is 0 Å². The van der Waals surface area contributed by atoms with Crippen LogP contribution in [0.25, 0.3) is 0 Å². The highest BCUT2D eigenvalue weighted by Crippen LogP contribution is 2.43. The second-order valence-electron chi connectivity index (χ2n) is 17.5. The number of phosphoric acid groups is 1. The summed E-state index contributed by atoms with van der Waals surface area (Å²) in [6, 6.07) is 0. The van der Waals surface area contributed by atoms with E-state index in [4.69, 9.17) is 18.5 Å². The molecule has 0 heterocycles. The number of likely N-dealkylation sites (N-methyl/N-ethyl adjacent to an activating group) is 1. The molecule has 0 bridgehead atoms. The van der Waals surface area contributed by atoms with Crippen molar-refractivity contribution >= 4 is 19.8 Å². The third-order valence-electron chi connectivity index (χ3n) is 10.4. The second-order valence-corrected chi connectivity index (χ2v) is 18.9. The summed E-state index contributed by atoms with van der Waals surface area (Å²) >= 11 is 0. The maximum absolute atomic E-state index is 12.7. The molecule has 350 valence electrons. The molecule has 0 radical (unpaired) electrons. The van der Waals surface area contributed by atoms with E-state index in [1.54, 1.807) is 0 Å². The summed E-state index contributed by atoms with van der Waals surface area (Å²) in [5, 5.41) is 0. The van der Waals surface area contributed by atoms with Crippen LogP contribution in [0.2, 0.25) is 0 Å². The van der Waals surface area contributed by atoms with Gasteiger partial charge in [0, 0.05) is 12.8 Å². The summed E-state index contributed by atoms with van der Waals surface area (Å²) in [6.45, 7) is 4.30. The van der Waals surface area contributed by atoms with Crippen LogP contribution in [0.5, 0.6) is 0 Å². The Hall–Kier alpha value is -2.03. The summed E-state index contributed by atoms with van der Waals surface area (Å²) in [7, 11) is 1.46. The number of rotatable bonds is 44. The van der Waals surface area contributed by atoms with E-state index in [0.717, 1.165) is 70.6 Å². The predicted octanol–water partition coefficient (Wildman–Crippen LogP) is 14.2. The number of hydrogen-bond donors (Lipinski definition) is 1. The van der Waals surface area contributed by atoms with Crippen LogP contribution in [0.3, 0.4) is 0 Å². The van der Waals surface area contributed by atoms with Gasteiger partial charge in [0.2, 0.25) is 0 Å². The van der Waals surface area contributed by atoms with Crippen molar-refractivity contribution in [3.8, 4) is 0 Å². The molecule has 1 unspecified atom stereocenters. The molecule has 0 aliphatic heterocycles. The highest BCUT2D eigenvalue weighted by molar-refractivity contribution is 7.47. The van der Waals surface area contributed by atoms with Crippen LogP contribution in [0, 0.1) is 0 Å². The average Bonchev–Trinajstić information content (AvgIpc) is 3.20. The third kappa shape index (κ3) is 45.5. The number of allylic oxidation sites excluding steroid dienone is 8. The zero-order valence-electron chi connectivity index (χ0n) is 39.4. The van der Waals surface area contributed by atoms with E-state index in [9.17, 15) is 19.0 Å². The van der Waals surface area contributed by atoms with E-state index >= 15 is 0 Å². The normalized spacial score (nSPS) is 13.9. The fourth-order valence-electron chi connectivity index (χ4n) is 6.59. The van der Waals surface area contributed by atoms with Gasteiger partial charge in [-0.15, -0.1) is 0 Å². The lowest BCUT2D eigenvalue weighted by atomic mass is 10.0. The second kappa shape index (κ2) is 42.3. The SMILES string of the molecule is CC/C=C\C/C=C\C/C=C\C/C=C\CCCCCCC(=O)O[C@H](COC(=O)CCCCCCCCCCCCCCCCCCCCC)COP(=O)(O)OCC[N+](C)(C)C. The van der Waals surface area contributed by atoms with Gasteiger partial charge in [-0.05, 0) is 51.4 Å². The van der Waals surface area contributed by atoms with Crippen molar-refractivity contribution in [3.63, 3.8) is 0 Å². The number of ether oxygens (including phenoxy) is 2. The van der Waals surface area contributed by atoms with E-state index in [1.165, 1.54) is 103 Å². The average molecular weight is 867 g/mol. The molecule has 60 heavy (non-hydrogen) atoms. The minimum Gasteiger partial charge on any atom is -0.462 e. The summed E-state index contributed by atoms with van der Waals surface area (Å²) < 4.78 is 34.4. The van der Waals surface area contributed by atoms with E-state index in [2.05, 4.69) is 62.5 Å². The predicted molar refractivity (Wildman–Crippen MR) is 252 cm³/mol. The van der Waals surface area contributed by atoms with Gasteiger partial charge in [0.15, 0.2) is 6.10 Å². The highest BCUT2D eigenvalue weighted by Gasteiger charge is 2.27. The van der Waals surface area contributed by atoms with Gasteiger partial charge in [0.05, 0.1) is 27.7 Å². The van der Waals surface area contributed by atoms with Crippen LogP contribution in [0.1, 0.15) is 206 Å². The Morgan fingerprint density at radius 2 is 0.950 bits per heavy atom. The number of carbonyl (C=O) groups excluding carboxylic acids is 2. The highest BCUT2D eigenvalue weighted by atomic mass is 31.2. The lowest BCUT2D eigenvalue weighted by molar-refractivity contribution is -0.870. The molecule has 9 nitrogen and oxygen atoms in total. The van der Waals surface area contributed by atoms with E-state index in [1.807, 2.05) is 21.1 Å². The van der Waals surface area contributed by atoms with E-state index in [-0.39, 0.29) is 32.0 Å². The maximum Gasteiger partial charge on any atom is 0.472 e. The molecule has 0 fully saturated rings. The molecule has 0 spiro atoms. The Kier molecular flexibility index (Phi) is 40.8. The number of carbonyl (C=O) groups is 2. The van der Waals surface area contributed by atoms with Crippen molar-refractivity contribution < 1.29 is 42.1 Å². The van der Waals surface area contributed by atoms with Crippen molar-refractivity contribution in [3.05, 3.63) is 48.6 Å². The lowest BCUT2D eigenvalue weighted by Gasteiger charge is -2.24. The number of esters is 2. The topological polar surface area (TPSA) is 108 Å². The molecular weight excluding hydrogens is 774 g/mol. The van der Waals surface area contributed by atoms with Gasteiger partial charge in [0.1, 0.15) is 19.8 Å². The quantitative estimate of drug-likeness (QED) is 0.0212. The first-order valence-electron chi connectivity index (χ1n) is 24.4. The van der Waals surface area contributed by atoms with Crippen molar-refractivity contribution in [2.75, 3.05) is 47.5 Å². The molecule has 0 saturated heterocycles. The number of hydrogen-bond acceptors (Lipinski definition) is 7. The van der Waals surface area contributed by atoms with Crippen LogP contribution in [0.15, 0.2) is 48.6 Å². The van der Waals surface area contributed by atoms with Gasteiger partial charge in [0.25, 0.3) is 0 Å². The fraction of sp³-hybridized carbons (Fsp3) is 0.800. The molecule has 0 amide bonds. The molecule has 0 aromatic carbocycles. The Bertz CT molecular complexity index is 1160. The molecule has 10 heteroatoms. The Morgan fingerprint density at radius 3 is 1.42 bits per heavy atom. The van der Waals surface area contributed by atoms with Crippen molar-refractivity contribution in [2.24, 2.45) is 0 Å². The first-order chi connectivity index (χ1) is 29.0. The standard InChI is InChI=1S/C50H92NO8P/c1-6-8-10-12-14-16-18-20-22-24-25-27-28-30-32-34-36-38-40-42-49(52)56-46-48(47-58-60(54,55)57-45-44-51(3,4)5)59-50(53)43-41-39-37-35-33-31-29-26-23-21-19-17-15-13-11-9-7-2/h9,11,15,17,21,23,29,31,48H,6-8,10,12-14,16,18-20,22,24-28,30,32-47H2,1-5H3/p+1/b11-9-,17-15-,23-21-,31-29-/t48-/m1/s1. The van der Waals surface area contributed by atoms with Crippen LogP contribution < -0.4 is 0 Å². The molecule has 2 atom stereocenters. The largest absolute Gasteiger partial charge is 0.472 e. The Labute approximate surface area is 369 Å². The first kappa shape index (κ1) is 58.0. The first-order valence-corrected chi connectivity index (χ1v) is 25.9. The minimum atomic E-state index is -4.38. The third-order valence-corrected chi connectivity index (χ3v) is 11.4. The van der Waals surface area contributed by atoms with Crippen molar-refractivity contribution in [2.45, 2.75) is 213 Å². The van der Waals surface area contributed by atoms with Crippen LogP contribution in [-0.4, -0.2) is 74.9 Å². The molecule has 0 aromatic rings. The molecule has 0 aliphatic rings. The number of quaternary nitrogens is 1. The van der Waals surface area contributed by atoms with E-state index in [0.29, 0.717) is 17.4 Å². The van der Waals surface area contributed by atoms with Gasteiger partial charge in [-0.25, -0.2) is 4.57 Å². The Balaban J connectivity index is 4.31. The molecule has 0 aromatic heterocycles. The van der Waals surface area contributed by atoms with Crippen LogP contribution >= 0.6 is 7.82 Å². The number of unbranched alkanes of at least 4 members (excludes halogenated alkanes) is 22. The smallest absolute Gasteiger partial charge is 0.462 e. The van der Waals surface area contributed by atoms with Gasteiger partial charge in [-0.3, -0.25) is 18.6 Å². The molecule has 1 N–H and O–H groups in total. The summed E-state index contributed by atoms with van der Waals surface area (Å²) in [5.41, 5.74) is 0. The number of nitrogens with zero attached hydrogens (tertiary/aromatic N) is 1. The van der Waals surface area contributed by atoms with Crippen LogP contribution in [0.4, 0.5) is 0 Å². The van der Waals surface area contributed by atoms with Gasteiger partial charge in [-0.1, -0.05) is 191 Å². The lowest BCUT2D eigenvalue weighted by Crippen LogP contribution is -2.37. The van der Waals surface area contributed by atoms with E-state index < -0.39 is 26.5 Å². The molecule has 0 saturated carbocycles. The summed E-state index contributed by atoms with van der Waals surface area (Å²) in [5.74, 6) is -0.821. The molecule has 0 aliphatic carbocycles.